The Morgan fingerprint density at radius 1 is 1.04 bits per heavy atom. The van der Waals surface area contributed by atoms with Crippen LogP contribution in [0.1, 0.15) is 31.4 Å². The van der Waals surface area contributed by atoms with Crippen molar-refractivity contribution in [1.82, 2.24) is 5.32 Å². The van der Waals surface area contributed by atoms with Crippen LogP contribution in [-0.2, 0) is 22.4 Å². The fourth-order valence-electron chi connectivity index (χ4n) is 3.00. The van der Waals surface area contributed by atoms with E-state index in [0.29, 0.717) is 18.6 Å². The molecule has 0 radical (unpaired) electrons. The summed E-state index contributed by atoms with van der Waals surface area (Å²) in [7, 11) is 1.79. The molecule has 0 aliphatic heterocycles. The summed E-state index contributed by atoms with van der Waals surface area (Å²) in [6, 6.07) is 16.6. The predicted molar refractivity (Wildman–Crippen MR) is 103 cm³/mol. The van der Waals surface area contributed by atoms with Crippen LogP contribution >= 0.6 is 0 Å². The number of benzene rings is 2. The minimum Gasteiger partial charge on any atom is -0.311 e. The van der Waals surface area contributed by atoms with E-state index >= 15 is 0 Å². The van der Waals surface area contributed by atoms with Crippen molar-refractivity contribution >= 4 is 12.1 Å². The number of rotatable bonds is 9. The lowest BCUT2D eigenvalue weighted by molar-refractivity contribution is -0.122. The number of carbonyl (C=O) groups is 2. The molecule has 0 amide bonds. The number of hydrogen-bond acceptors (Lipinski definition) is 3. The average molecular weight is 337 g/mol. The highest BCUT2D eigenvalue weighted by Crippen LogP contribution is 2.23. The monoisotopic (exact) mass is 337 g/mol. The number of Topliss-reactive ketones (excluding diaryl/α,β-unsaturated/α-hetero) is 1. The first-order chi connectivity index (χ1) is 12.1. The Bertz CT molecular complexity index is 706. The number of ketones is 1. The largest absolute Gasteiger partial charge is 0.311 e. The minimum absolute atomic E-state index is 0.0597. The van der Waals surface area contributed by atoms with Gasteiger partial charge in [0.25, 0.3) is 0 Å². The van der Waals surface area contributed by atoms with E-state index in [1.165, 1.54) is 5.56 Å². The van der Waals surface area contributed by atoms with Crippen molar-refractivity contribution in [2.45, 2.75) is 39.2 Å². The Morgan fingerprint density at radius 3 is 2.36 bits per heavy atom. The lowest BCUT2D eigenvalue weighted by Gasteiger charge is -2.12. The summed E-state index contributed by atoms with van der Waals surface area (Å²) < 4.78 is 0. The van der Waals surface area contributed by atoms with Gasteiger partial charge in [-0.25, -0.2) is 0 Å². The molecule has 2 aromatic rings. The standard InChI is InChI=1S/C22H27NO2/c1-4-22(25)16(2)12-18-6-5-7-20(13-18)19-10-8-17(9-11-19)14-21(15-24)23-3/h5-11,13,15-16,21,23H,4,12,14H2,1-3H3. The van der Waals surface area contributed by atoms with Gasteiger partial charge in [0.2, 0.25) is 0 Å². The van der Waals surface area contributed by atoms with Crippen molar-refractivity contribution in [1.29, 1.82) is 0 Å². The maximum Gasteiger partial charge on any atom is 0.137 e. The second-order valence-corrected chi connectivity index (χ2v) is 6.56. The number of carbonyl (C=O) groups excluding carboxylic acids is 2. The number of aldehydes is 1. The lowest BCUT2D eigenvalue weighted by Crippen LogP contribution is -2.28. The van der Waals surface area contributed by atoms with Crippen LogP contribution in [-0.4, -0.2) is 25.2 Å². The predicted octanol–water partition coefficient (Wildman–Crippen LogP) is 3.84. The average Bonchev–Trinajstić information content (AvgIpc) is 2.66. The summed E-state index contributed by atoms with van der Waals surface area (Å²) in [4.78, 5) is 22.8. The summed E-state index contributed by atoms with van der Waals surface area (Å²) in [5.41, 5.74) is 4.62. The third-order valence-corrected chi connectivity index (χ3v) is 4.64. The molecule has 0 heterocycles. The van der Waals surface area contributed by atoms with Crippen LogP contribution in [0.2, 0.25) is 0 Å². The highest BCUT2D eigenvalue weighted by Gasteiger charge is 2.12. The van der Waals surface area contributed by atoms with Gasteiger partial charge >= 0.3 is 0 Å². The van der Waals surface area contributed by atoms with Gasteiger partial charge in [-0.1, -0.05) is 62.4 Å². The van der Waals surface area contributed by atoms with Gasteiger partial charge in [-0.3, -0.25) is 4.79 Å². The SMILES string of the molecule is CCC(=O)C(C)Cc1cccc(-c2ccc(CC(C=O)NC)cc2)c1. The zero-order chi connectivity index (χ0) is 18.2. The van der Waals surface area contributed by atoms with Crippen LogP contribution in [0.25, 0.3) is 11.1 Å². The zero-order valence-corrected chi connectivity index (χ0v) is 15.3. The molecule has 0 spiro atoms. The highest BCUT2D eigenvalue weighted by atomic mass is 16.1. The van der Waals surface area contributed by atoms with Gasteiger partial charge in [0.15, 0.2) is 0 Å². The van der Waals surface area contributed by atoms with Crippen molar-refractivity contribution in [3.63, 3.8) is 0 Å². The molecule has 1 N–H and O–H groups in total. The Kier molecular flexibility index (Phi) is 7.08. The molecule has 3 nitrogen and oxygen atoms in total. The first-order valence-electron chi connectivity index (χ1n) is 8.90. The van der Waals surface area contributed by atoms with E-state index in [9.17, 15) is 9.59 Å². The summed E-state index contributed by atoms with van der Waals surface area (Å²) in [5.74, 6) is 0.369. The van der Waals surface area contributed by atoms with Crippen LogP contribution in [0.4, 0.5) is 0 Å². The molecule has 2 rings (SSSR count). The van der Waals surface area contributed by atoms with E-state index in [-0.39, 0.29) is 12.0 Å². The van der Waals surface area contributed by atoms with Crippen molar-refractivity contribution in [3.05, 3.63) is 59.7 Å². The third kappa shape index (κ3) is 5.36. The zero-order valence-electron chi connectivity index (χ0n) is 15.3. The van der Waals surface area contributed by atoms with Gasteiger partial charge in [0, 0.05) is 12.3 Å². The molecule has 0 fully saturated rings. The summed E-state index contributed by atoms with van der Waals surface area (Å²) in [5, 5.41) is 2.99. The Hall–Kier alpha value is -2.26. The van der Waals surface area contributed by atoms with Gasteiger partial charge < -0.3 is 10.1 Å². The maximum atomic E-state index is 11.8. The fraction of sp³-hybridized carbons (Fsp3) is 0.364. The van der Waals surface area contributed by atoms with Crippen molar-refractivity contribution in [3.8, 4) is 11.1 Å². The highest BCUT2D eigenvalue weighted by molar-refractivity contribution is 5.80. The van der Waals surface area contributed by atoms with Gasteiger partial charge in [-0.05, 0) is 42.1 Å². The molecule has 0 aromatic heterocycles. The molecule has 0 aliphatic rings. The number of hydrogen-bond donors (Lipinski definition) is 1. The normalized spacial score (nSPS) is 13.2. The summed E-state index contributed by atoms with van der Waals surface area (Å²) in [6.45, 7) is 3.92. The van der Waals surface area contributed by atoms with Crippen LogP contribution in [0.5, 0.6) is 0 Å². The molecule has 0 bridgehead atoms. The maximum absolute atomic E-state index is 11.8. The van der Waals surface area contributed by atoms with Gasteiger partial charge in [0.05, 0.1) is 6.04 Å². The van der Waals surface area contributed by atoms with Crippen molar-refractivity contribution < 1.29 is 9.59 Å². The quantitative estimate of drug-likeness (QED) is 0.707. The van der Waals surface area contributed by atoms with Gasteiger partial charge in [0.1, 0.15) is 12.1 Å². The Balaban J connectivity index is 2.12. The minimum atomic E-state index is -0.147. The first-order valence-corrected chi connectivity index (χ1v) is 8.90. The van der Waals surface area contributed by atoms with E-state index in [4.69, 9.17) is 0 Å². The van der Waals surface area contributed by atoms with E-state index < -0.39 is 0 Å². The summed E-state index contributed by atoms with van der Waals surface area (Å²) in [6.07, 6.45) is 3.01. The van der Waals surface area contributed by atoms with Gasteiger partial charge in [-0.2, -0.15) is 0 Å². The molecule has 25 heavy (non-hydrogen) atoms. The van der Waals surface area contributed by atoms with E-state index in [2.05, 4.69) is 47.8 Å². The fourth-order valence-corrected chi connectivity index (χ4v) is 3.00. The molecule has 2 aromatic carbocycles. The van der Waals surface area contributed by atoms with Crippen LogP contribution in [0.3, 0.4) is 0 Å². The molecule has 3 heteroatoms. The van der Waals surface area contributed by atoms with E-state index in [1.807, 2.05) is 19.9 Å². The second kappa shape index (κ2) is 9.28. The van der Waals surface area contributed by atoms with Crippen molar-refractivity contribution in [2.75, 3.05) is 7.05 Å². The topological polar surface area (TPSA) is 46.2 Å². The van der Waals surface area contributed by atoms with Crippen LogP contribution in [0.15, 0.2) is 48.5 Å². The van der Waals surface area contributed by atoms with E-state index in [1.54, 1.807) is 7.05 Å². The number of likely N-dealkylation sites (N-methyl/N-ethyl adjacent to an activating group) is 1. The smallest absolute Gasteiger partial charge is 0.137 e. The van der Waals surface area contributed by atoms with Gasteiger partial charge in [-0.15, -0.1) is 0 Å². The van der Waals surface area contributed by atoms with E-state index in [0.717, 1.165) is 29.4 Å². The summed E-state index contributed by atoms with van der Waals surface area (Å²) >= 11 is 0. The Labute approximate surface area is 150 Å². The molecular formula is C22H27NO2. The molecular weight excluding hydrogens is 310 g/mol. The lowest BCUT2D eigenvalue weighted by atomic mass is 9.93. The third-order valence-electron chi connectivity index (χ3n) is 4.64. The first kappa shape index (κ1) is 19.1. The molecule has 0 aliphatic carbocycles. The Morgan fingerprint density at radius 2 is 1.76 bits per heavy atom. The molecule has 2 atom stereocenters. The molecule has 2 unspecified atom stereocenters. The molecule has 132 valence electrons. The second-order valence-electron chi connectivity index (χ2n) is 6.56. The van der Waals surface area contributed by atoms with Crippen LogP contribution in [0, 0.1) is 5.92 Å². The molecule has 0 saturated heterocycles. The number of nitrogens with one attached hydrogen (secondary N) is 1. The molecule has 0 saturated carbocycles. The van der Waals surface area contributed by atoms with Crippen LogP contribution < -0.4 is 5.32 Å². The van der Waals surface area contributed by atoms with Crippen molar-refractivity contribution in [2.24, 2.45) is 5.92 Å².